The van der Waals surface area contributed by atoms with Crippen LogP contribution in [-0.2, 0) is 0 Å². The molecule has 0 spiro atoms. The fourth-order valence-electron chi connectivity index (χ4n) is 7.34. The molecule has 0 aromatic heterocycles. The first kappa shape index (κ1) is 13.6. The van der Waals surface area contributed by atoms with Gasteiger partial charge in [-0.25, -0.2) is 0 Å². The highest BCUT2D eigenvalue weighted by Gasteiger charge is 2.57. The molecule has 7 atom stereocenters. The lowest BCUT2D eigenvalue weighted by Gasteiger charge is -2.60. The fourth-order valence-corrected chi connectivity index (χ4v) is 7.34. The van der Waals surface area contributed by atoms with E-state index in [-0.39, 0.29) is 0 Å². The molecule has 4 rings (SSSR count). The highest BCUT2D eigenvalue weighted by molar-refractivity contribution is 5.07. The number of fused-ring (bicyclic) bond motifs is 5. The predicted molar refractivity (Wildman–Crippen MR) is 83.0 cm³/mol. The number of rotatable bonds is 0. The Bertz CT molecular complexity index is 391. The Kier molecular flexibility index (Phi) is 3.05. The van der Waals surface area contributed by atoms with Crippen LogP contribution in [0.4, 0.5) is 0 Å². The van der Waals surface area contributed by atoms with Crippen LogP contribution in [0.2, 0.25) is 0 Å². The van der Waals surface area contributed by atoms with E-state index in [2.05, 4.69) is 19.6 Å². The number of hydrogen-bond acceptors (Lipinski definition) is 0. The number of quaternary nitrogens is 1. The van der Waals surface area contributed by atoms with Gasteiger partial charge in [-0.2, -0.15) is 0 Å². The molecular formula is C19H34N+. The molecule has 0 radical (unpaired) electrons. The Morgan fingerprint density at radius 3 is 2.55 bits per heavy atom. The minimum atomic E-state index is 0.682. The monoisotopic (exact) mass is 276 g/mol. The van der Waals surface area contributed by atoms with Crippen molar-refractivity contribution in [2.45, 2.75) is 84.1 Å². The van der Waals surface area contributed by atoms with Gasteiger partial charge in [0.1, 0.15) is 0 Å². The first-order valence-corrected chi connectivity index (χ1v) is 9.36. The minimum absolute atomic E-state index is 0.682. The highest BCUT2D eigenvalue weighted by atomic mass is 14.7. The van der Waals surface area contributed by atoms with Crippen LogP contribution in [0.1, 0.15) is 78.1 Å². The molecule has 4 aliphatic carbocycles. The average molecular weight is 276 g/mol. The molecule has 0 aromatic carbocycles. The van der Waals surface area contributed by atoms with E-state index in [4.69, 9.17) is 0 Å². The molecule has 4 fully saturated rings. The zero-order valence-electron chi connectivity index (χ0n) is 13.7. The second-order valence-electron chi connectivity index (χ2n) is 9.38. The van der Waals surface area contributed by atoms with E-state index in [1.165, 1.54) is 44.9 Å². The van der Waals surface area contributed by atoms with Gasteiger partial charge in [0.05, 0.1) is 6.04 Å². The van der Waals surface area contributed by atoms with E-state index < -0.39 is 0 Å². The van der Waals surface area contributed by atoms with Gasteiger partial charge in [-0.15, -0.1) is 0 Å². The van der Waals surface area contributed by atoms with Crippen LogP contribution in [0.5, 0.6) is 0 Å². The summed E-state index contributed by atoms with van der Waals surface area (Å²) in [6.45, 7) is 5.31. The van der Waals surface area contributed by atoms with Crippen molar-refractivity contribution >= 4 is 0 Å². The normalized spacial score (nSPS) is 58.6. The molecule has 0 saturated heterocycles. The summed E-state index contributed by atoms with van der Waals surface area (Å²) in [6.07, 6.45) is 15.1. The highest BCUT2D eigenvalue weighted by Crippen LogP contribution is 2.65. The van der Waals surface area contributed by atoms with Gasteiger partial charge in [-0.1, -0.05) is 20.3 Å². The Hall–Kier alpha value is -0.0400. The SMILES string of the molecule is C[C@@]12CCC[C@H]1[C@@H]1CC[C@H]3C[C@@H]([NH3+])CC[C@]3(C)[C@H]1CC2. The van der Waals surface area contributed by atoms with Gasteiger partial charge in [-0.3, -0.25) is 0 Å². The van der Waals surface area contributed by atoms with Gasteiger partial charge in [0.15, 0.2) is 0 Å². The maximum atomic E-state index is 4.39. The zero-order valence-corrected chi connectivity index (χ0v) is 13.7. The maximum Gasteiger partial charge on any atom is 0.0846 e. The Balaban J connectivity index is 1.62. The Labute approximate surface area is 125 Å². The van der Waals surface area contributed by atoms with Crippen molar-refractivity contribution in [1.29, 1.82) is 0 Å². The molecule has 1 nitrogen and oxygen atoms in total. The van der Waals surface area contributed by atoms with Crippen LogP contribution in [0.15, 0.2) is 0 Å². The molecule has 0 amide bonds. The van der Waals surface area contributed by atoms with Gasteiger partial charge < -0.3 is 5.73 Å². The summed E-state index contributed by atoms with van der Waals surface area (Å²) in [5, 5.41) is 0. The van der Waals surface area contributed by atoms with Crippen molar-refractivity contribution < 1.29 is 5.73 Å². The topological polar surface area (TPSA) is 27.6 Å². The standard InChI is InChI=1S/C19H33N/c1-18-9-3-4-16(18)15-6-5-13-12-14(20)7-11-19(13,2)17(15)8-10-18/h13-17H,3-12,20H2,1-2H3/p+1/t13-,14-,15-,16-,17-,18-,19-/m0/s1. The number of hydrogen-bond donors (Lipinski definition) is 1. The predicted octanol–water partition coefficient (Wildman–Crippen LogP) is 4.03. The third-order valence-corrected chi connectivity index (χ3v) is 8.56. The molecule has 4 saturated carbocycles. The summed E-state index contributed by atoms with van der Waals surface area (Å²) in [5.74, 6) is 4.23. The first-order chi connectivity index (χ1) is 9.53. The lowest BCUT2D eigenvalue weighted by molar-refractivity contribution is -0.433. The molecule has 0 aliphatic heterocycles. The smallest absolute Gasteiger partial charge is 0.0846 e. The minimum Gasteiger partial charge on any atom is -0.355 e. The second-order valence-corrected chi connectivity index (χ2v) is 9.38. The molecule has 0 unspecified atom stereocenters. The molecule has 0 heterocycles. The summed E-state index contributed by atoms with van der Waals surface area (Å²) in [4.78, 5) is 0. The average Bonchev–Trinajstić information content (AvgIpc) is 2.81. The quantitative estimate of drug-likeness (QED) is 0.692. The van der Waals surface area contributed by atoms with E-state index in [1.807, 2.05) is 0 Å². The molecule has 20 heavy (non-hydrogen) atoms. The van der Waals surface area contributed by atoms with Crippen LogP contribution in [0.25, 0.3) is 0 Å². The zero-order chi connectivity index (χ0) is 14.0. The van der Waals surface area contributed by atoms with E-state index in [0.717, 1.165) is 35.1 Å². The van der Waals surface area contributed by atoms with Crippen molar-refractivity contribution in [2.24, 2.45) is 34.5 Å². The van der Waals surface area contributed by atoms with Crippen molar-refractivity contribution in [1.82, 2.24) is 0 Å². The van der Waals surface area contributed by atoms with Crippen molar-refractivity contribution in [3.05, 3.63) is 0 Å². The molecule has 1 heteroatoms. The molecular weight excluding hydrogens is 242 g/mol. The summed E-state index contributed by atoms with van der Waals surface area (Å²) in [5.41, 5.74) is 5.80. The molecule has 0 aromatic rings. The molecule has 3 N–H and O–H groups in total. The van der Waals surface area contributed by atoms with Gasteiger partial charge in [-0.05, 0) is 85.9 Å². The van der Waals surface area contributed by atoms with Gasteiger partial charge in [0, 0.05) is 6.42 Å². The van der Waals surface area contributed by atoms with E-state index in [0.29, 0.717) is 5.41 Å². The van der Waals surface area contributed by atoms with Crippen LogP contribution in [-0.4, -0.2) is 6.04 Å². The van der Waals surface area contributed by atoms with Crippen molar-refractivity contribution in [3.8, 4) is 0 Å². The molecule has 114 valence electrons. The van der Waals surface area contributed by atoms with E-state index in [1.54, 1.807) is 19.3 Å². The fraction of sp³-hybridized carbons (Fsp3) is 1.00. The van der Waals surface area contributed by atoms with Crippen LogP contribution < -0.4 is 5.73 Å². The summed E-state index contributed by atoms with van der Waals surface area (Å²) in [7, 11) is 0. The van der Waals surface area contributed by atoms with Gasteiger partial charge in [0.2, 0.25) is 0 Å². The lowest BCUT2D eigenvalue weighted by atomic mass is 9.45. The summed E-state index contributed by atoms with van der Waals surface area (Å²) < 4.78 is 0. The maximum absolute atomic E-state index is 4.39. The van der Waals surface area contributed by atoms with Crippen LogP contribution >= 0.6 is 0 Å². The van der Waals surface area contributed by atoms with E-state index >= 15 is 0 Å². The van der Waals surface area contributed by atoms with Crippen molar-refractivity contribution in [3.63, 3.8) is 0 Å². The molecule has 4 aliphatic rings. The Morgan fingerprint density at radius 1 is 0.850 bits per heavy atom. The van der Waals surface area contributed by atoms with Crippen LogP contribution in [0.3, 0.4) is 0 Å². The van der Waals surface area contributed by atoms with Gasteiger partial charge in [0.25, 0.3) is 0 Å². The van der Waals surface area contributed by atoms with Crippen LogP contribution in [0, 0.1) is 34.5 Å². The summed E-state index contributed by atoms with van der Waals surface area (Å²) >= 11 is 0. The van der Waals surface area contributed by atoms with E-state index in [9.17, 15) is 0 Å². The van der Waals surface area contributed by atoms with Gasteiger partial charge >= 0.3 is 0 Å². The third kappa shape index (κ3) is 1.77. The van der Waals surface area contributed by atoms with Crippen molar-refractivity contribution in [2.75, 3.05) is 0 Å². The second kappa shape index (κ2) is 4.48. The largest absolute Gasteiger partial charge is 0.355 e. The third-order valence-electron chi connectivity index (χ3n) is 8.56. The Morgan fingerprint density at radius 2 is 1.70 bits per heavy atom. The first-order valence-electron chi connectivity index (χ1n) is 9.36. The lowest BCUT2D eigenvalue weighted by Crippen LogP contribution is -2.65. The summed E-state index contributed by atoms with van der Waals surface area (Å²) in [6, 6.07) is 0.755. The molecule has 0 bridgehead atoms.